The fourth-order valence-electron chi connectivity index (χ4n) is 1.49. The molecule has 0 aromatic heterocycles. The molecular formula is C9H10ClNO2S. The molecule has 1 aliphatic heterocycles. The van der Waals surface area contributed by atoms with Gasteiger partial charge in [-0.25, -0.2) is 8.42 Å². The summed E-state index contributed by atoms with van der Waals surface area (Å²) < 4.78 is 23.5. The third-order valence-corrected chi connectivity index (χ3v) is 4.25. The van der Waals surface area contributed by atoms with Gasteiger partial charge >= 0.3 is 0 Å². The van der Waals surface area contributed by atoms with E-state index in [1.54, 1.807) is 12.1 Å². The van der Waals surface area contributed by atoms with E-state index >= 15 is 0 Å². The van der Waals surface area contributed by atoms with Crippen molar-refractivity contribution in [1.29, 1.82) is 0 Å². The van der Waals surface area contributed by atoms with Crippen LogP contribution in [-0.4, -0.2) is 20.7 Å². The van der Waals surface area contributed by atoms with Crippen molar-refractivity contribution in [2.75, 3.05) is 17.6 Å². The predicted molar refractivity (Wildman–Crippen MR) is 56.6 cm³/mol. The molecule has 0 radical (unpaired) electrons. The minimum Gasteiger partial charge on any atom is -0.384 e. The second kappa shape index (κ2) is 3.44. The fourth-order valence-corrected chi connectivity index (χ4v) is 3.26. The number of hydrogen-bond donors (Lipinski definition) is 1. The average molecular weight is 232 g/mol. The minimum absolute atomic E-state index is 0.188. The summed E-state index contributed by atoms with van der Waals surface area (Å²) in [6.07, 6.45) is 0.634. The molecule has 0 fully saturated rings. The zero-order valence-corrected chi connectivity index (χ0v) is 9.03. The third kappa shape index (κ3) is 1.72. The van der Waals surface area contributed by atoms with E-state index < -0.39 is 9.84 Å². The normalized spacial score (nSPS) is 19.2. The van der Waals surface area contributed by atoms with Crippen LogP contribution in [0.25, 0.3) is 0 Å². The molecule has 76 valence electrons. The molecule has 2 rings (SSSR count). The molecule has 1 N–H and O–H groups in total. The van der Waals surface area contributed by atoms with Crippen molar-refractivity contribution in [3.8, 4) is 0 Å². The lowest BCUT2D eigenvalue weighted by atomic mass is 10.3. The van der Waals surface area contributed by atoms with E-state index in [9.17, 15) is 8.42 Å². The van der Waals surface area contributed by atoms with Gasteiger partial charge in [-0.15, -0.1) is 0 Å². The predicted octanol–water partition coefficient (Wildman–Crippen LogP) is 1.93. The highest BCUT2D eigenvalue weighted by molar-refractivity contribution is 7.91. The van der Waals surface area contributed by atoms with Gasteiger partial charge in [-0.3, -0.25) is 0 Å². The molecule has 1 heterocycles. The molecule has 5 heteroatoms. The molecule has 0 saturated carbocycles. The summed E-state index contributed by atoms with van der Waals surface area (Å²) in [6, 6.07) is 4.90. The highest BCUT2D eigenvalue weighted by atomic mass is 35.5. The summed E-state index contributed by atoms with van der Waals surface area (Å²) in [5, 5.41) is 3.52. The summed E-state index contributed by atoms with van der Waals surface area (Å²) in [7, 11) is -3.15. The van der Waals surface area contributed by atoms with Crippen molar-refractivity contribution >= 4 is 27.1 Å². The first-order valence-corrected chi connectivity index (χ1v) is 6.39. The van der Waals surface area contributed by atoms with Gasteiger partial charge in [0.2, 0.25) is 0 Å². The SMILES string of the molecule is O=S1(=O)CCCNc2ccc(Cl)cc21. The van der Waals surface area contributed by atoms with Gasteiger partial charge in [0.25, 0.3) is 0 Å². The number of rotatable bonds is 0. The maximum absolute atomic E-state index is 11.7. The van der Waals surface area contributed by atoms with Gasteiger partial charge in [-0.1, -0.05) is 11.6 Å². The van der Waals surface area contributed by atoms with Gasteiger partial charge < -0.3 is 5.32 Å². The largest absolute Gasteiger partial charge is 0.384 e. The Morgan fingerprint density at radius 2 is 2.14 bits per heavy atom. The zero-order chi connectivity index (χ0) is 10.2. The molecule has 14 heavy (non-hydrogen) atoms. The topological polar surface area (TPSA) is 46.2 Å². The van der Waals surface area contributed by atoms with E-state index in [2.05, 4.69) is 5.32 Å². The molecule has 0 saturated heterocycles. The van der Waals surface area contributed by atoms with Crippen LogP contribution in [0.4, 0.5) is 5.69 Å². The Balaban J connectivity index is 2.64. The molecule has 0 bridgehead atoms. The van der Waals surface area contributed by atoms with Crippen molar-refractivity contribution in [1.82, 2.24) is 0 Å². The van der Waals surface area contributed by atoms with E-state index in [0.717, 1.165) is 0 Å². The van der Waals surface area contributed by atoms with Crippen LogP contribution >= 0.6 is 11.6 Å². The number of sulfone groups is 1. The highest BCUT2D eigenvalue weighted by Crippen LogP contribution is 2.28. The van der Waals surface area contributed by atoms with E-state index in [1.807, 2.05) is 0 Å². The van der Waals surface area contributed by atoms with Crippen molar-refractivity contribution in [3.05, 3.63) is 23.2 Å². The summed E-state index contributed by atoms with van der Waals surface area (Å²) in [4.78, 5) is 0.322. The van der Waals surface area contributed by atoms with Gasteiger partial charge in [0.1, 0.15) is 0 Å². The van der Waals surface area contributed by atoms with Crippen LogP contribution in [0.1, 0.15) is 6.42 Å². The standard InChI is InChI=1S/C9H10ClNO2S/c10-7-2-3-8-9(6-7)14(12,13)5-1-4-11-8/h2-3,6,11H,1,4-5H2. The summed E-state index contributed by atoms with van der Waals surface area (Å²) in [5.41, 5.74) is 0.659. The van der Waals surface area contributed by atoms with E-state index in [1.165, 1.54) is 6.07 Å². The molecule has 0 aliphatic carbocycles. The summed E-state index contributed by atoms with van der Waals surface area (Å²) in [5.74, 6) is 0.188. The van der Waals surface area contributed by atoms with E-state index in [-0.39, 0.29) is 5.75 Å². The van der Waals surface area contributed by atoms with Crippen molar-refractivity contribution in [2.24, 2.45) is 0 Å². The Morgan fingerprint density at radius 1 is 1.36 bits per heavy atom. The molecule has 0 atom stereocenters. The molecular weight excluding hydrogens is 222 g/mol. The van der Waals surface area contributed by atoms with Crippen LogP contribution in [-0.2, 0) is 9.84 Å². The lowest BCUT2D eigenvalue weighted by molar-refractivity contribution is 0.596. The van der Waals surface area contributed by atoms with Crippen LogP contribution in [0.2, 0.25) is 5.02 Å². The Hall–Kier alpha value is -0.740. The first-order valence-electron chi connectivity index (χ1n) is 4.36. The van der Waals surface area contributed by atoms with Gasteiger partial charge in [-0.2, -0.15) is 0 Å². The number of benzene rings is 1. The van der Waals surface area contributed by atoms with Crippen molar-refractivity contribution < 1.29 is 8.42 Å². The maximum atomic E-state index is 11.7. The maximum Gasteiger partial charge on any atom is 0.180 e. The van der Waals surface area contributed by atoms with E-state index in [0.29, 0.717) is 28.6 Å². The molecule has 1 aromatic rings. The lowest BCUT2D eigenvalue weighted by Gasteiger charge is -2.06. The quantitative estimate of drug-likeness (QED) is 0.742. The molecule has 0 unspecified atom stereocenters. The lowest BCUT2D eigenvalue weighted by Crippen LogP contribution is -2.05. The van der Waals surface area contributed by atoms with Crippen LogP contribution in [0.15, 0.2) is 23.1 Å². The first kappa shape index (κ1) is 9.80. The average Bonchev–Trinajstić information content (AvgIpc) is 2.26. The fraction of sp³-hybridized carbons (Fsp3) is 0.333. The zero-order valence-electron chi connectivity index (χ0n) is 7.46. The monoisotopic (exact) mass is 231 g/mol. The smallest absolute Gasteiger partial charge is 0.180 e. The van der Waals surface area contributed by atoms with Crippen LogP contribution in [0.5, 0.6) is 0 Å². The summed E-state index contributed by atoms with van der Waals surface area (Å²) in [6.45, 7) is 0.688. The second-order valence-electron chi connectivity index (χ2n) is 3.24. The third-order valence-electron chi connectivity index (χ3n) is 2.18. The van der Waals surface area contributed by atoms with Crippen molar-refractivity contribution in [3.63, 3.8) is 0 Å². The molecule has 1 aliphatic rings. The van der Waals surface area contributed by atoms with Gasteiger partial charge in [0.15, 0.2) is 9.84 Å². The van der Waals surface area contributed by atoms with Crippen LogP contribution in [0.3, 0.4) is 0 Å². The van der Waals surface area contributed by atoms with Gasteiger partial charge in [-0.05, 0) is 24.6 Å². The number of nitrogens with one attached hydrogen (secondary N) is 1. The highest BCUT2D eigenvalue weighted by Gasteiger charge is 2.21. The van der Waals surface area contributed by atoms with Gasteiger partial charge in [0, 0.05) is 11.6 Å². The summed E-state index contributed by atoms with van der Waals surface area (Å²) >= 11 is 5.77. The van der Waals surface area contributed by atoms with Crippen LogP contribution < -0.4 is 5.32 Å². The number of anilines is 1. The molecule has 0 spiro atoms. The second-order valence-corrected chi connectivity index (χ2v) is 5.75. The Kier molecular flexibility index (Phi) is 2.41. The Labute approximate surface area is 88.0 Å². The molecule has 0 amide bonds. The Bertz CT molecular complexity index is 456. The minimum atomic E-state index is -3.15. The number of fused-ring (bicyclic) bond motifs is 1. The number of hydrogen-bond acceptors (Lipinski definition) is 3. The Morgan fingerprint density at radius 3 is 2.93 bits per heavy atom. The van der Waals surface area contributed by atoms with Crippen molar-refractivity contribution in [2.45, 2.75) is 11.3 Å². The first-order chi connectivity index (χ1) is 6.59. The van der Waals surface area contributed by atoms with Gasteiger partial charge in [0.05, 0.1) is 16.3 Å². The number of halogens is 1. The van der Waals surface area contributed by atoms with E-state index in [4.69, 9.17) is 11.6 Å². The molecule has 1 aromatic carbocycles. The van der Waals surface area contributed by atoms with Crippen LogP contribution in [0, 0.1) is 0 Å². The molecule has 3 nitrogen and oxygen atoms in total.